The maximum atomic E-state index is 4.93. The predicted octanol–water partition coefficient (Wildman–Crippen LogP) is 1.38. The molecule has 0 atom stereocenters. The molecule has 0 unspecified atom stereocenters. The van der Waals surface area contributed by atoms with Crippen LogP contribution in [0.3, 0.4) is 0 Å². The van der Waals surface area contributed by atoms with E-state index in [4.69, 9.17) is 4.74 Å². The van der Waals surface area contributed by atoms with Crippen LogP contribution in [0.2, 0.25) is 0 Å². The summed E-state index contributed by atoms with van der Waals surface area (Å²) < 4.78 is 4.93. The van der Waals surface area contributed by atoms with Crippen LogP contribution in [0, 0.1) is 0 Å². The van der Waals surface area contributed by atoms with E-state index in [0.29, 0.717) is 0 Å². The van der Waals surface area contributed by atoms with Crippen molar-refractivity contribution in [2.24, 2.45) is 0 Å². The molecule has 5 heteroatoms. The Bertz CT molecular complexity index is 191. The zero-order valence-corrected chi connectivity index (χ0v) is 7.93. The molecule has 1 rings (SSSR count). The number of rotatable bonds is 6. The highest BCUT2D eigenvalue weighted by molar-refractivity contribution is 7.13. The molecule has 0 aliphatic carbocycles. The fraction of sp³-hybridized carbons (Fsp3) is 0.714. The van der Waals surface area contributed by atoms with Crippen LogP contribution in [0.4, 0.5) is 5.13 Å². The molecule has 0 saturated heterocycles. The van der Waals surface area contributed by atoms with E-state index in [9.17, 15) is 0 Å². The quantitative estimate of drug-likeness (QED) is 0.683. The van der Waals surface area contributed by atoms with Crippen molar-refractivity contribution in [1.29, 1.82) is 0 Å². The third-order valence-corrected chi connectivity index (χ3v) is 2.06. The van der Waals surface area contributed by atoms with Gasteiger partial charge in [-0.15, -0.1) is 10.2 Å². The Balaban J connectivity index is 1.96. The fourth-order valence-corrected chi connectivity index (χ4v) is 1.29. The van der Waals surface area contributed by atoms with Gasteiger partial charge in [0.15, 0.2) is 0 Å². The summed E-state index contributed by atoms with van der Waals surface area (Å²) in [5.74, 6) is 0. The molecular formula is C7H13N3OS. The molecule has 0 saturated carbocycles. The summed E-state index contributed by atoms with van der Waals surface area (Å²) in [6.45, 7) is 1.77. The number of nitrogens with one attached hydrogen (secondary N) is 1. The third kappa shape index (κ3) is 3.64. The molecule has 0 radical (unpaired) electrons. The van der Waals surface area contributed by atoms with Gasteiger partial charge in [-0.1, -0.05) is 11.3 Å². The molecule has 0 aliphatic rings. The largest absolute Gasteiger partial charge is 0.385 e. The molecule has 1 heterocycles. The lowest BCUT2D eigenvalue weighted by atomic mass is 10.3. The van der Waals surface area contributed by atoms with Crippen molar-refractivity contribution in [3.8, 4) is 0 Å². The van der Waals surface area contributed by atoms with Gasteiger partial charge in [-0.3, -0.25) is 0 Å². The summed E-state index contributed by atoms with van der Waals surface area (Å²) in [5.41, 5.74) is 1.72. The number of hydrogen-bond donors (Lipinski definition) is 1. The van der Waals surface area contributed by atoms with Crippen LogP contribution in [-0.4, -0.2) is 30.5 Å². The summed E-state index contributed by atoms with van der Waals surface area (Å²) >= 11 is 1.52. The second-order valence-corrected chi connectivity index (χ2v) is 3.20. The van der Waals surface area contributed by atoms with E-state index in [0.717, 1.165) is 31.1 Å². The maximum absolute atomic E-state index is 4.93. The van der Waals surface area contributed by atoms with Gasteiger partial charge < -0.3 is 10.1 Å². The monoisotopic (exact) mass is 187 g/mol. The standard InChI is InChI=1S/C7H13N3OS/c1-11-5-3-2-4-8-7-10-9-6-12-7/h6H,2-5H2,1H3,(H,8,10). The highest BCUT2D eigenvalue weighted by Crippen LogP contribution is 2.07. The Labute approximate surface area is 76.0 Å². The average molecular weight is 187 g/mol. The first-order valence-electron chi connectivity index (χ1n) is 3.92. The zero-order valence-electron chi connectivity index (χ0n) is 7.12. The molecule has 1 aromatic heterocycles. The van der Waals surface area contributed by atoms with Gasteiger partial charge in [0, 0.05) is 20.3 Å². The van der Waals surface area contributed by atoms with Gasteiger partial charge in [0.1, 0.15) is 5.51 Å². The first-order chi connectivity index (χ1) is 5.93. The van der Waals surface area contributed by atoms with Crippen LogP contribution in [0.25, 0.3) is 0 Å². The Kier molecular flexibility index (Phi) is 4.63. The molecule has 0 spiro atoms. The molecule has 1 aromatic rings. The number of aromatic nitrogens is 2. The first kappa shape index (κ1) is 9.41. The van der Waals surface area contributed by atoms with Crippen molar-refractivity contribution >= 4 is 16.5 Å². The number of methoxy groups -OCH3 is 1. The Morgan fingerprint density at radius 2 is 2.50 bits per heavy atom. The predicted molar refractivity (Wildman–Crippen MR) is 49.5 cm³/mol. The van der Waals surface area contributed by atoms with Gasteiger partial charge in [-0.2, -0.15) is 0 Å². The van der Waals surface area contributed by atoms with Gasteiger partial charge in [0.2, 0.25) is 5.13 Å². The molecule has 0 aromatic carbocycles. The van der Waals surface area contributed by atoms with Crippen molar-refractivity contribution in [2.45, 2.75) is 12.8 Å². The molecule has 0 bridgehead atoms. The number of hydrogen-bond acceptors (Lipinski definition) is 5. The lowest BCUT2D eigenvalue weighted by molar-refractivity contribution is 0.194. The second-order valence-electron chi connectivity index (χ2n) is 2.37. The van der Waals surface area contributed by atoms with E-state index < -0.39 is 0 Å². The van der Waals surface area contributed by atoms with Crippen molar-refractivity contribution in [3.63, 3.8) is 0 Å². The molecule has 0 amide bonds. The SMILES string of the molecule is COCCCCNc1nncs1. The van der Waals surface area contributed by atoms with Gasteiger partial charge in [-0.25, -0.2) is 0 Å². The van der Waals surface area contributed by atoms with Gasteiger partial charge >= 0.3 is 0 Å². The Hall–Kier alpha value is -0.680. The minimum absolute atomic E-state index is 0.831. The van der Waals surface area contributed by atoms with E-state index >= 15 is 0 Å². The smallest absolute Gasteiger partial charge is 0.205 e. The lowest BCUT2D eigenvalue weighted by Gasteiger charge is -2.00. The van der Waals surface area contributed by atoms with Crippen molar-refractivity contribution < 1.29 is 4.74 Å². The zero-order chi connectivity index (χ0) is 8.65. The van der Waals surface area contributed by atoms with Crippen LogP contribution < -0.4 is 5.32 Å². The highest BCUT2D eigenvalue weighted by Gasteiger charge is 1.93. The summed E-state index contributed by atoms with van der Waals surface area (Å²) in [7, 11) is 1.72. The van der Waals surface area contributed by atoms with Gasteiger partial charge in [-0.05, 0) is 12.8 Å². The van der Waals surface area contributed by atoms with Gasteiger partial charge in [0.05, 0.1) is 0 Å². The van der Waals surface area contributed by atoms with E-state index in [-0.39, 0.29) is 0 Å². The van der Waals surface area contributed by atoms with Crippen LogP contribution >= 0.6 is 11.3 Å². The second kappa shape index (κ2) is 5.91. The topological polar surface area (TPSA) is 47.0 Å². The summed E-state index contributed by atoms with van der Waals surface area (Å²) in [6, 6.07) is 0. The average Bonchev–Trinajstić information content (AvgIpc) is 2.57. The molecule has 4 nitrogen and oxygen atoms in total. The van der Waals surface area contributed by atoms with Crippen LogP contribution in [0.5, 0.6) is 0 Å². The maximum Gasteiger partial charge on any atom is 0.205 e. The molecule has 68 valence electrons. The minimum atomic E-state index is 0.831. The Morgan fingerprint density at radius 3 is 3.17 bits per heavy atom. The van der Waals surface area contributed by atoms with Crippen molar-refractivity contribution in [2.75, 3.05) is 25.6 Å². The van der Waals surface area contributed by atoms with Crippen molar-refractivity contribution in [3.05, 3.63) is 5.51 Å². The van der Waals surface area contributed by atoms with Crippen LogP contribution in [-0.2, 0) is 4.74 Å². The van der Waals surface area contributed by atoms with Crippen LogP contribution in [0.1, 0.15) is 12.8 Å². The minimum Gasteiger partial charge on any atom is -0.385 e. The summed E-state index contributed by atoms with van der Waals surface area (Å²) in [5, 5.41) is 11.6. The summed E-state index contributed by atoms with van der Waals surface area (Å²) in [4.78, 5) is 0. The highest BCUT2D eigenvalue weighted by atomic mass is 32.1. The van der Waals surface area contributed by atoms with E-state index in [1.54, 1.807) is 12.6 Å². The molecule has 0 aliphatic heterocycles. The lowest BCUT2D eigenvalue weighted by Crippen LogP contribution is -2.02. The molecule has 0 fully saturated rings. The fourth-order valence-electron chi connectivity index (χ4n) is 0.817. The van der Waals surface area contributed by atoms with E-state index in [2.05, 4.69) is 15.5 Å². The van der Waals surface area contributed by atoms with E-state index in [1.807, 2.05) is 0 Å². The third-order valence-electron chi connectivity index (χ3n) is 1.41. The number of anilines is 1. The number of ether oxygens (including phenoxy) is 1. The van der Waals surface area contributed by atoms with E-state index in [1.165, 1.54) is 11.3 Å². The number of nitrogens with zero attached hydrogens (tertiary/aromatic N) is 2. The normalized spacial score (nSPS) is 10.1. The first-order valence-corrected chi connectivity index (χ1v) is 4.80. The Morgan fingerprint density at radius 1 is 1.58 bits per heavy atom. The number of unbranched alkanes of at least 4 members (excludes halogenated alkanes) is 1. The summed E-state index contributed by atoms with van der Waals surface area (Å²) in [6.07, 6.45) is 2.19. The molecule has 1 N–H and O–H groups in total. The molecular weight excluding hydrogens is 174 g/mol. The van der Waals surface area contributed by atoms with Crippen LogP contribution in [0.15, 0.2) is 5.51 Å². The van der Waals surface area contributed by atoms with Gasteiger partial charge in [0.25, 0.3) is 0 Å². The van der Waals surface area contributed by atoms with Crippen molar-refractivity contribution in [1.82, 2.24) is 10.2 Å². The molecule has 12 heavy (non-hydrogen) atoms.